The highest BCUT2D eigenvalue weighted by molar-refractivity contribution is 5.83. The number of pyridine rings is 1. The lowest BCUT2D eigenvalue weighted by atomic mass is 10.1. The predicted octanol–water partition coefficient (Wildman–Crippen LogP) is 3.52. The number of hydrogen-bond donors (Lipinski definition) is 1. The number of ether oxygens (including phenoxy) is 1. The molecule has 0 aliphatic carbocycles. The van der Waals surface area contributed by atoms with Gasteiger partial charge in [-0.2, -0.15) is 0 Å². The van der Waals surface area contributed by atoms with Gasteiger partial charge in [-0.25, -0.2) is 4.98 Å². The summed E-state index contributed by atoms with van der Waals surface area (Å²) in [5.74, 6) is 1.23. The Bertz CT molecular complexity index is 710. The summed E-state index contributed by atoms with van der Waals surface area (Å²) in [6.07, 6.45) is 0. The van der Waals surface area contributed by atoms with Gasteiger partial charge in [0.2, 0.25) is 5.88 Å². The molecule has 0 saturated heterocycles. The Morgan fingerprint density at radius 1 is 0.895 bits per heavy atom. The zero-order valence-corrected chi connectivity index (χ0v) is 10.3. The first-order chi connectivity index (χ1) is 9.35. The van der Waals surface area contributed by atoms with Gasteiger partial charge in [0.05, 0.1) is 12.3 Å². The van der Waals surface area contributed by atoms with Crippen LogP contribution in [0.3, 0.4) is 0 Å². The van der Waals surface area contributed by atoms with Crippen molar-refractivity contribution in [1.29, 1.82) is 0 Å². The molecule has 0 amide bonds. The second-order valence-corrected chi connectivity index (χ2v) is 4.24. The highest BCUT2D eigenvalue weighted by Crippen LogP contribution is 2.24. The van der Waals surface area contributed by atoms with Crippen LogP contribution >= 0.6 is 0 Å². The predicted molar refractivity (Wildman–Crippen MR) is 74.2 cm³/mol. The van der Waals surface area contributed by atoms with Crippen molar-refractivity contribution in [3.05, 3.63) is 66.4 Å². The quantitative estimate of drug-likeness (QED) is 0.774. The Morgan fingerprint density at radius 3 is 2.58 bits per heavy atom. The zero-order valence-electron chi connectivity index (χ0n) is 10.3. The van der Waals surface area contributed by atoms with Gasteiger partial charge in [0, 0.05) is 6.07 Å². The van der Waals surface area contributed by atoms with Crippen LogP contribution in [0.15, 0.2) is 60.7 Å². The van der Waals surface area contributed by atoms with Gasteiger partial charge in [-0.05, 0) is 29.0 Å². The maximum Gasteiger partial charge on any atom is 0.219 e. The number of aliphatic hydroxyl groups is 1. The van der Waals surface area contributed by atoms with E-state index in [2.05, 4.69) is 11.1 Å². The van der Waals surface area contributed by atoms with Crippen molar-refractivity contribution >= 4 is 10.8 Å². The minimum atomic E-state index is -0.0884. The molecule has 0 bridgehead atoms. The number of hydrogen-bond acceptors (Lipinski definition) is 3. The van der Waals surface area contributed by atoms with Crippen LogP contribution in [-0.4, -0.2) is 10.1 Å². The minimum absolute atomic E-state index is 0.0884. The summed E-state index contributed by atoms with van der Waals surface area (Å²) >= 11 is 0. The molecule has 3 heteroatoms. The molecule has 2 aromatic carbocycles. The Hall–Kier alpha value is -2.39. The average molecular weight is 251 g/mol. The van der Waals surface area contributed by atoms with Crippen molar-refractivity contribution < 1.29 is 9.84 Å². The van der Waals surface area contributed by atoms with Gasteiger partial charge >= 0.3 is 0 Å². The fourth-order valence-electron chi connectivity index (χ4n) is 1.95. The topological polar surface area (TPSA) is 42.4 Å². The Balaban J connectivity index is 1.92. The van der Waals surface area contributed by atoms with E-state index in [1.165, 1.54) is 5.39 Å². The zero-order chi connectivity index (χ0) is 13.1. The van der Waals surface area contributed by atoms with Gasteiger partial charge in [0.1, 0.15) is 5.75 Å². The summed E-state index contributed by atoms with van der Waals surface area (Å²) in [5, 5.41) is 11.3. The molecular weight excluding hydrogens is 238 g/mol. The van der Waals surface area contributed by atoms with Crippen LogP contribution in [0.5, 0.6) is 11.6 Å². The third-order valence-corrected chi connectivity index (χ3v) is 2.89. The van der Waals surface area contributed by atoms with Crippen LogP contribution in [0.25, 0.3) is 10.8 Å². The minimum Gasteiger partial charge on any atom is -0.439 e. The van der Waals surface area contributed by atoms with Gasteiger partial charge in [0.15, 0.2) is 0 Å². The van der Waals surface area contributed by atoms with Gasteiger partial charge in [-0.15, -0.1) is 0 Å². The summed E-state index contributed by atoms with van der Waals surface area (Å²) < 4.78 is 5.71. The molecule has 1 aromatic heterocycles. The van der Waals surface area contributed by atoms with E-state index in [-0.39, 0.29) is 6.61 Å². The van der Waals surface area contributed by atoms with Crippen molar-refractivity contribution in [3.63, 3.8) is 0 Å². The smallest absolute Gasteiger partial charge is 0.219 e. The first-order valence-corrected chi connectivity index (χ1v) is 6.08. The molecule has 1 N–H and O–H groups in total. The highest BCUT2D eigenvalue weighted by Gasteiger charge is 2.01. The Labute approximate surface area is 111 Å². The molecule has 0 unspecified atom stereocenters. The fraction of sp³-hybridized carbons (Fsp3) is 0.0625. The standard InChI is InChI=1S/C16H13NO2/c18-11-14-6-3-7-16(17-14)19-15-9-8-12-4-1-2-5-13(12)10-15/h1-10,18H,11H2. The molecule has 3 rings (SSSR count). The van der Waals surface area contributed by atoms with Crippen molar-refractivity contribution in [2.24, 2.45) is 0 Å². The summed E-state index contributed by atoms with van der Waals surface area (Å²) in [6, 6.07) is 19.4. The van der Waals surface area contributed by atoms with E-state index in [1.54, 1.807) is 12.1 Å². The SMILES string of the molecule is OCc1cccc(Oc2ccc3ccccc3c2)n1. The summed E-state index contributed by atoms with van der Waals surface area (Å²) in [5.41, 5.74) is 0.596. The first-order valence-electron chi connectivity index (χ1n) is 6.08. The van der Waals surface area contributed by atoms with E-state index in [0.717, 1.165) is 11.1 Å². The maximum absolute atomic E-state index is 9.05. The molecule has 0 aliphatic rings. The third kappa shape index (κ3) is 2.56. The van der Waals surface area contributed by atoms with Crippen LogP contribution in [0, 0.1) is 0 Å². The van der Waals surface area contributed by atoms with E-state index in [9.17, 15) is 0 Å². The molecular formula is C16H13NO2. The summed E-state index contributed by atoms with van der Waals surface area (Å²) in [4.78, 5) is 4.19. The lowest BCUT2D eigenvalue weighted by Gasteiger charge is -2.06. The average Bonchev–Trinajstić information content (AvgIpc) is 2.47. The number of aromatic nitrogens is 1. The molecule has 94 valence electrons. The van der Waals surface area contributed by atoms with E-state index in [1.807, 2.05) is 42.5 Å². The van der Waals surface area contributed by atoms with Crippen LogP contribution in [0.1, 0.15) is 5.69 Å². The summed E-state index contributed by atoms with van der Waals surface area (Å²) in [7, 11) is 0. The van der Waals surface area contributed by atoms with Crippen LogP contribution < -0.4 is 4.74 Å². The lowest BCUT2D eigenvalue weighted by Crippen LogP contribution is -1.92. The Morgan fingerprint density at radius 2 is 1.74 bits per heavy atom. The second kappa shape index (κ2) is 5.08. The monoisotopic (exact) mass is 251 g/mol. The molecule has 0 fully saturated rings. The van der Waals surface area contributed by atoms with Gasteiger partial charge in [0.25, 0.3) is 0 Å². The van der Waals surface area contributed by atoms with Crippen molar-refractivity contribution in [2.45, 2.75) is 6.61 Å². The molecule has 19 heavy (non-hydrogen) atoms. The number of nitrogens with zero attached hydrogens (tertiary/aromatic N) is 1. The number of benzene rings is 2. The Kier molecular flexibility index (Phi) is 3.12. The molecule has 0 spiro atoms. The molecule has 0 atom stereocenters. The van der Waals surface area contributed by atoms with Crippen LogP contribution in [0.2, 0.25) is 0 Å². The third-order valence-electron chi connectivity index (χ3n) is 2.89. The van der Waals surface area contributed by atoms with Gasteiger partial charge < -0.3 is 9.84 Å². The normalized spacial score (nSPS) is 10.6. The van der Waals surface area contributed by atoms with Gasteiger partial charge in [-0.3, -0.25) is 0 Å². The van der Waals surface area contributed by atoms with Crippen molar-refractivity contribution in [3.8, 4) is 11.6 Å². The van der Waals surface area contributed by atoms with Crippen LogP contribution in [-0.2, 0) is 6.61 Å². The number of rotatable bonds is 3. The molecule has 1 heterocycles. The van der Waals surface area contributed by atoms with Crippen molar-refractivity contribution in [1.82, 2.24) is 4.98 Å². The molecule has 0 radical (unpaired) electrons. The summed E-state index contributed by atoms with van der Waals surface area (Å²) in [6.45, 7) is -0.0884. The molecule has 0 saturated carbocycles. The van der Waals surface area contributed by atoms with E-state index in [4.69, 9.17) is 9.84 Å². The lowest BCUT2D eigenvalue weighted by molar-refractivity contribution is 0.275. The van der Waals surface area contributed by atoms with Gasteiger partial charge in [-0.1, -0.05) is 36.4 Å². The molecule has 0 aliphatic heterocycles. The fourth-order valence-corrected chi connectivity index (χ4v) is 1.95. The first kappa shape index (κ1) is 11.7. The number of aliphatic hydroxyl groups excluding tert-OH is 1. The van der Waals surface area contributed by atoms with E-state index in [0.29, 0.717) is 11.6 Å². The molecule has 3 aromatic rings. The van der Waals surface area contributed by atoms with E-state index < -0.39 is 0 Å². The van der Waals surface area contributed by atoms with Crippen LogP contribution in [0.4, 0.5) is 0 Å². The maximum atomic E-state index is 9.05. The molecule has 3 nitrogen and oxygen atoms in total. The van der Waals surface area contributed by atoms with E-state index >= 15 is 0 Å². The van der Waals surface area contributed by atoms with Crippen molar-refractivity contribution in [2.75, 3.05) is 0 Å². The number of fused-ring (bicyclic) bond motifs is 1. The highest BCUT2D eigenvalue weighted by atomic mass is 16.5. The largest absolute Gasteiger partial charge is 0.439 e. The second-order valence-electron chi connectivity index (χ2n) is 4.24.